The first-order valence-corrected chi connectivity index (χ1v) is 11.9. The fourth-order valence-electron chi connectivity index (χ4n) is 4.39. The molecule has 1 aliphatic rings. The zero-order valence-electron chi connectivity index (χ0n) is 17.1. The van der Waals surface area contributed by atoms with Gasteiger partial charge in [0, 0.05) is 24.5 Å². The van der Waals surface area contributed by atoms with Crippen molar-refractivity contribution in [1.29, 1.82) is 0 Å². The Morgan fingerprint density at radius 2 is 1.55 bits per heavy atom. The average Bonchev–Trinajstić information content (AvgIpc) is 2.98. The summed E-state index contributed by atoms with van der Waals surface area (Å²) >= 11 is 0. The molecule has 1 atom stereocenters. The molecule has 0 amide bonds. The number of sulfonamides is 1. The van der Waals surface area contributed by atoms with Gasteiger partial charge in [0.25, 0.3) is 0 Å². The van der Waals surface area contributed by atoms with Crippen molar-refractivity contribution in [3.8, 4) is 11.1 Å². The smallest absolute Gasteiger partial charge is 0.243 e. The summed E-state index contributed by atoms with van der Waals surface area (Å²) in [5.41, 5.74) is 10.6. The number of nitrogens with zero attached hydrogens (tertiary/aromatic N) is 1. The lowest BCUT2D eigenvalue weighted by molar-refractivity contribution is 0.402. The maximum absolute atomic E-state index is 13.7. The number of rotatable bonds is 3. The van der Waals surface area contributed by atoms with Crippen LogP contribution in [0.25, 0.3) is 21.9 Å². The summed E-state index contributed by atoms with van der Waals surface area (Å²) in [5.74, 6) is 0. The van der Waals surface area contributed by atoms with Gasteiger partial charge in [-0.1, -0.05) is 78.9 Å². The standard InChI is InChI=1S/C26H24N2O2S/c27-25-15-16-28(31(29,30)26-12-6-10-20-9-4-5-11-24(20)26)18-22-17-21(13-14-23(22)25)19-7-2-1-3-8-19/h1-14,17,25H,15-16,18,27H2. The topological polar surface area (TPSA) is 63.4 Å². The van der Waals surface area contributed by atoms with Crippen molar-refractivity contribution >= 4 is 20.8 Å². The first-order chi connectivity index (χ1) is 15.0. The van der Waals surface area contributed by atoms with Crippen LogP contribution in [0.1, 0.15) is 23.6 Å². The third kappa shape index (κ3) is 3.65. The molecule has 4 aromatic rings. The highest BCUT2D eigenvalue weighted by molar-refractivity contribution is 7.89. The second-order valence-corrected chi connectivity index (χ2v) is 9.90. The fraction of sp³-hybridized carbons (Fsp3) is 0.154. The summed E-state index contributed by atoms with van der Waals surface area (Å²) < 4.78 is 29.0. The third-order valence-electron chi connectivity index (χ3n) is 6.05. The zero-order valence-corrected chi connectivity index (χ0v) is 17.9. The van der Waals surface area contributed by atoms with Gasteiger partial charge in [0.1, 0.15) is 0 Å². The van der Waals surface area contributed by atoms with Gasteiger partial charge in [0.2, 0.25) is 10.0 Å². The minimum Gasteiger partial charge on any atom is -0.324 e. The van der Waals surface area contributed by atoms with Crippen LogP contribution in [0.3, 0.4) is 0 Å². The summed E-state index contributed by atoms with van der Waals surface area (Å²) in [6, 6.07) is 29.2. The van der Waals surface area contributed by atoms with E-state index in [1.165, 1.54) is 0 Å². The van der Waals surface area contributed by atoms with E-state index in [1.807, 2.05) is 48.5 Å². The predicted molar refractivity (Wildman–Crippen MR) is 125 cm³/mol. The number of fused-ring (bicyclic) bond motifs is 2. The van der Waals surface area contributed by atoms with Gasteiger partial charge >= 0.3 is 0 Å². The molecule has 0 aromatic heterocycles. The van der Waals surface area contributed by atoms with Crippen molar-refractivity contribution in [3.63, 3.8) is 0 Å². The van der Waals surface area contributed by atoms with Crippen LogP contribution in [-0.2, 0) is 16.6 Å². The van der Waals surface area contributed by atoms with Crippen LogP contribution in [0, 0.1) is 0 Å². The molecule has 0 saturated heterocycles. The highest BCUT2D eigenvalue weighted by atomic mass is 32.2. The van der Waals surface area contributed by atoms with E-state index in [0.717, 1.165) is 33.0 Å². The molecule has 0 saturated carbocycles. The Morgan fingerprint density at radius 1 is 0.806 bits per heavy atom. The van der Waals surface area contributed by atoms with Gasteiger partial charge in [-0.15, -0.1) is 0 Å². The summed E-state index contributed by atoms with van der Waals surface area (Å²) in [5, 5.41) is 1.67. The third-order valence-corrected chi connectivity index (χ3v) is 7.96. The maximum Gasteiger partial charge on any atom is 0.243 e. The molecule has 31 heavy (non-hydrogen) atoms. The minimum atomic E-state index is -3.68. The summed E-state index contributed by atoms with van der Waals surface area (Å²) in [4.78, 5) is 0.349. The molecule has 2 N–H and O–H groups in total. The Bertz CT molecular complexity index is 1350. The molecule has 0 spiro atoms. The van der Waals surface area contributed by atoms with Gasteiger partial charge in [-0.05, 0) is 46.2 Å². The molecular formula is C26H24N2O2S. The molecule has 0 radical (unpaired) electrons. The van der Waals surface area contributed by atoms with Crippen molar-refractivity contribution in [1.82, 2.24) is 4.31 Å². The normalized spacial score (nSPS) is 17.3. The van der Waals surface area contributed by atoms with Crippen LogP contribution >= 0.6 is 0 Å². The van der Waals surface area contributed by atoms with Gasteiger partial charge in [0.05, 0.1) is 4.90 Å². The van der Waals surface area contributed by atoms with Gasteiger partial charge in [-0.25, -0.2) is 8.42 Å². The molecule has 0 fully saturated rings. The zero-order chi connectivity index (χ0) is 21.4. The van der Waals surface area contributed by atoms with E-state index in [9.17, 15) is 8.42 Å². The first-order valence-electron chi connectivity index (χ1n) is 10.5. The second kappa shape index (κ2) is 7.93. The van der Waals surface area contributed by atoms with Crippen LogP contribution in [-0.4, -0.2) is 19.3 Å². The van der Waals surface area contributed by atoms with Crippen molar-refractivity contribution < 1.29 is 8.42 Å². The fourth-order valence-corrected chi connectivity index (χ4v) is 6.03. The molecule has 5 heteroatoms. The lowest BCUT2D eigenvalue weighted by atomic mass is 9.95. The lowest BCUT2D eigenvalue weighted by Gasteiger charge is -2.22. The quantitative estimate of drug-likeness (QED) is 0.494. The number of benzene rings is 4. The molecule has 1 unspecified atom stereocenters. The highest BCUT2D eigenvalue weighted by Crippen LogP contribution is 2.33. The molecular weight excluding hydrogens is 404 g/mol. The molecule has 156 valence electrons. The van der Waals surface area contributed by atoms with Gasteiger partial charge < -0.3 is 5.73 Å². The van der Waals surface area contributed by atoms with E-state index < -0.39 is 10.0 Å². The van der Waals surface area contributed by atoms with E-state index in [4.69, 9.17) is 5.73 Å². The van der Waals surface area contributed by atoms with E-state index in [0.29, 0.717) is 24.4 Å². The van der Waals surface area contributed by atoms with Gasteiger partial charge in [-0.3, -0.25) is 0 Å². The van der Waals surface area contributed by atoms with Crippen molar-refractivity contribution in [3.05, 3.63) is 102 Å². The Labute approximate surface area is 183 Å². The van der Waals surface area contributed by atoms with E-state index in [1.54, 1.807) is 16.4 Å². The SMILES string of the molecule is NC1CCN(S(=O)(=O)c2cccc3ccccc23)Cc2cc(-c3ccccc3)ccc21. The number of hydrogen-bond acceptors (Lipinski definition) is 3. The first kappa shape index (κ1) is 19.9. The van der Waals surface area contributed by atoms with E-state index in [2.05, 4.69) is 30.3 Å². The van der Waals surface area contributed by atoms with Crippen LogP contribution < -0.4 is 5.73 Å². The molecule has 5 rings (SSSR count). The Kier molecular flexibility index (Phi) is 5.10. The van der Waals surface area contributed by atoms with Crippen molar-refractivity contribution in [2.75, 3.05) is 6.54 Å². The molecule has 1 heterocycles. The maximum atomic E-state index is 13.7. The Balaban J connectivity index is 1.58. The highest BCUT2D eigenvalue weighted by Gasteiger charge is 2.30. The van der Waals surface area contributed by atoms with E-state index >= 15 is 0 Å². The van der Waals surface area contributed by atoms with Crippen LogP contribution in [0.2, 0.25) is 0 Å². The van der Waals surface area contributed by atoms with Crippen LogP contribution in [0.15, 0.2) is 95.9 Å². The predicted octanol–water partition coefficient (Wildman–Crippen LogP) is 5.10. The monoisotopic (exact) mass is 428 g/mol. The summed E-state index contributed by atoms with van der Waals surface area (Å²) in [6.45, 7) is 0.706. The average molecular weight is 429 g/mol. The van der Waals surface area contributed by atoms with Gasteiger partial charge in [0.15, 0.2) is 0 Å². The molecule has 4 nitrogen and oxygen atoms in total. The Hall–Kier alpha value is -2.99. The molecule has 1 aliphatic heterocycles. The van der Waals surface area contributed by atoms with Crippen molar-refractivity contribution in [2.24, 2.45) is 5.73 Å². The largest absolute Gasteiger partial charge is 0.324 e. The molecule has 0 aliphatic carbocycles. The Morgan fingerprint density at radius 3 is 2.39 bits per heavy atom. The van der Waals surface area contributed by atoms with Crippen LogP contribution in [0.4, 0.5) is 0 Å². The van der Waals surface area contributed by atoms with Crippen molar-refractivity contribution in [2.45, 2.75) is 23.9 Å². The van der Waals surface area contributed by atoms with Gasteiger partial charge in [-0.2, -0.15) is 4.31 Å². The summed E-state index contributed by atoms with van der Waals surface area (Å²) in [7, 11) is -3.68. The number of nitrogens with two attached hydrogens (primary N) is 1. The van der Waals surface area contributed by atoms with E-state index in [-0.39, 0.29) is 6.04 Å². The minimum absolute atomic E-state index is 0.187. The molecule has 4 aromatic carbocycles. The number of hydrogen-bond donors (Lipinski definition) is 1. The summed E-state index contributed by atoms with van der Waals surface area (Å²) in [6.07, 6.45) is 0.585. The van der Waals surface area contributed by atoms with Crippen LogP contribution in [0.5, 0.6) is 0 Å². The second-order valence-electron chi connectivity index (χ2n) is 7.99. The molecule has 0 bridgehead atoms. The lowest BCUT2D eigenvalue weighted by Crippen LogP contribution is -2.31.